The van der Waals surface area contributed by atoms with Crippen LogP contribution >= 0.6 is 0 Å². The van der Waals surface area contributed by atoms with Crippen molar-refractivity contribution >= 4 is 19.9 Å². The molecule has 8 heteroatoms. The van der Waals surface area contributed by atoms with E-state index in [1.807, 2.05) is 0 Å². The zero-order valence-electron chi connectivity index (χ0n) is 11.9. The molecule has 1 fully saturated rings. The summed E-state index contributed by atoms with van der Waals surface area (Å²) in [5, 5.41) is 0. The lowest BCUT2D eigenvalue weighted by Gasteiger charge is -2.23. The van der Waals surface area contributed by atoms with E-state index < -0.39 is 31.7 Å². The molecule has 1 heterocycles. The van der Waals surface area contributed by atoms with Crippen LogP contribution in [-0.4, -0.2) is 34.4 Å². The quantitative estimate of drug-likeness (QED) is 0.903. The Kier molecular flexibility index (Phi) is 4.41. The fraction of sp³-hybridized carbons (Fsp3) is 0.538. The van der Waals surface area contributed by atoms with Crippen molar-refractivity contribution in [3.05, 3.63) is 29.1 Å². The minimum absolute atomic E-state index is 0.0123. The van der Waals surface area contributed by atoms with Gasteiger partial charge in [0, 0.05) is 6.04 Å². The van der Waals surface area contributed by atoms with Gasteiger partial charge < -0.3 is 0 Å². The number of aryl methyl sites for hydroxylation is 2. The Hall–Kier alpha value is -0.990. The van der Waals surface area contributed by atoms with Gasteiger partial charge in [-0.15, -0.1) is 0 Å². The predicted octanol–water partition coefficient (Wildman–Crippen LogP) is 1.30. The summed E-state index contributed by atoms with van der Waals surface area (Å²) in [5.41, 5.74) is 0.673. The van der Waals surface area contributed by atoms with Crippen LogP contribution in [0.3, 0.4) is 0 Å². The van der Waals surface area contributed by atoms with E-state index in [1.54, 1.807) is 0 Å². The molecule has 0 unspecified atom stereocenters. The molecule has 1 aliphatic heterocycles. The smallest absolute Gasteiger partial charge is 0.229 e. The van der Waals surface area contributed by atoms with E-state index in [0.29, 0.717) is 11.1 Å². The Bertz CT molecular complexity index is 719. The standard InChI is InChI=1S/C13H18FNO4S2/c1-9-7-11(14)8-10(2)13(9)21(18,19)15-12-3-5-20(16,17)6-4-12/h7-8,12,15H,3-6H2,1-2H3. The predicted molar refractivity (Wildman–Crippen MR) is 77.9 cm³/mol. The van der Waals surface area contributed by atoms with Gasteiger partial charge in [0.15, 0.2) is 0 Å². The number of rotatable bonds is 3. The van der Waals surface area contributed by atoms with Crippen LogP contribution < -0.4 is 4.72 Å². The monoisotopic (exact) mass is 335 g/mol. The first kappa shape index (κ1) is 16.4. The van der Waals surface area contributed by atoms with Crippen molar-refractivity contribution in [3.8, 4) is 0 Å². The second-order valence-electron chi connectivity index (χ2n) is 5.42. The fourth-order valence-electron chi connectivity index (χ4n) is 2.61. The molecule has 118 valence electrons. The molecule has 1 aromatic rings. The molecule has 0 radical (unpaired) electrons. The van der Waals surface area contributed by atoms with Crippen LogP contribution in [0.15, 0.2) is 17.0 Å². The molecular formula is C13H18FNO4S2. The van der Waals surface area contributed by atoms with Crippen LogP contribution in [0.2, 0.25) is 0 Å². The molecular weight excluding hydrogens is 317 g/mol. The van der Waals surface area contributed by atoms with Crippen LogP contribution in [0, 0.1) is 19.7 Å². The van der Waals surface area contributed by atoms with Gasteiger partial charge in [0.1, 0.15) is 15.7 Å². The molecule has 1 aromatic carbocycles. The van der Waals surface area contributed by atoms with Gasteiger partial charge in [0.25, 0.3) is 0 Å². The van der Waals surface area contributed by atoms with E-state index in [2.05, 4.69) is 4.72 Å². The zero-order chi connectivity index (χ0) is 15.8. The molecule has 0 spiro atoms. The summed E-state index contributed by atoms with van der Waals surface area (Å²) in [4.78, 5) is 0.0670. The van der Waals surface area contributed by atoms with Crippen LogP contribution in [0.25, 0.3) is 0 Å². The number of halogens is 1. The number of nitrogens with one attached hydrogen (secondary N) is 1. The highest BCUT2D eigenvalue weighted by molar-refractivity contribution is 7.91. The van der Waals surface area contributed by atoms with Crippen LogP contribution in [0.5, 0.6) is 0 Å². The van der Waals surface area contributed by atoms with E-state index in [4.69, 9.17) is 0 Å². The molecule has 0 bridgehead atoms. The highest BCUT2D eigenvalue weighted by atomic mass is 32.2. The normalized spacial score (nSPS) is 19.6. The van der Waals surface area contributed by atoms with E-state index >= 15 is 0 Å². The number of hydrogen-bond donors (Lipinski definition) is 1. The largest absolute Gasteiger partial charge is 0.241 e. The third-order valence-corrected chi connectivity index (χ3v) is 7.11. The van der Waals surface area contributed by atoms with Crippen molar-refractivity contribution in [2.24, 2.45) is 0 Å². The van der Waals surface area contributed by atoms with Crippen LogP contribution in [0.4, 0.5) is 4.39 Å². The molecule has 0 aliphatic carbocycles. The highest BCUT2D eigenvalue weighted by Gasteiger charge is 2.29. The molecule has 0 aromatic heterocycles. The Morgan fingerprint density at radius 3 is 2.10 bits per heavy atom. The van der Waals surface area contributed by atoms with E-state index in [1.165, 1.54) is 26.0 Å². The van der Waals surface area contributed by atoms with Crippen molar-refractivity contribution in [3.63, 3.8) is 0 Å². The van der Waals surface area contributed by atoms with Crippen molar-refractivity contribution in [1.29, 1.82) is 0 Å². The van der Waals surface area contributed by atoms with E-state index in [9.17, 15) is 21.2 Å². The Morgan fingerprint density at radius 2 is 1.62 bits per heavy atom. The van der Waals surface area contributed by atoms with E-state index in [-0.39, 0.29) is 29.2 Å². The maximum absolute atomic E-state index is 13.3. The summed E-state index contributed by atoms with van der Waals surface area (Å²) in [6.45, 7) is 3.08. The highest BCUT2D eigenvalue weighted by Crippen LogP contribution is 2.23. The summed E-state index contributed by atoms with van der Waals surface area (Å²) in [6, 6.07) is 1.95. The van der Waals surface area contributed by atoms with Gasteiger partial charge in [-0.1, -0.05) is 0 Å². The summed E-state index contributed by atoms with van der Waals surface area (Å²) in [6.07, 6.45) is 0.529. The fourth-order valence-corrected chi connectivity index (χ4v) is 5.86. The van der Waals surface area contributed by atoms with Gasteiger partial charge in [-0.2, -0.15) is 0 Å². The van der Waals surface area contributed by atoms with Gasteiger partial charge in [-0.05, 0) is 49.9 Å². The summed E-state index contributed by atoms with van der Waals surface area (Å²) in [7, 11) is -6.83. The average molecular weight is 335 g/mol. The van der Waals surface area contributed by atoms with Crippen molar-refractivity contribution in [2.45, 2.75) is 37.6 Å². The van der Waals surface area contributed by atoms with Gasteiger partial charge in [-0.3, -0.25) is 0 Å². The number of benzene rings is 1. The third-order valence-electron chi connectivity index (χ3n) is 3.57. The molecule has 5 nitrogen and oxygen atoms in total. The lowest BCUT2D eigenvalue weighted by atomic mass is 10.1. The van der Waals surface area contributed by atoms with Crippen LogP contribution in [0.1, 0.15) is 24.0 Å². The SMILES string of the molecule is Cc1cc(F)cc(C)c1S(=O)(=O)NC1CCS(=O)(=O)CC1. The molecule has 2 rings (SSSR count). The number of sulfonamides is 1. The minimum atomic E-state index is -3.79. The molecule has 1 saturated heterocycles. The average Bonchev–Trinajstić information content (AvgIpc) is 2.30. The lowest BCUT2D eigenvalue weighted by Crippen LogP contribution is -2.41. The first-order chi connectivity index (χ1) is 9.61. The summed E-state index contributed by atoms with van der Waals surface area (Å²) in [5.74, 6) is -0.504. The third kappa shape index (κ3) is 3.81. The second kappa shape index (κ2) is 5.66. The topological polar surface area (TPSA) is 80.3 Å². The summed E-state index contributed by atoms with van der Waals surface area (Å²) >= 11 is 0. The Labute approximate surface area is 124 Å². The van der Waals surface area contributed by atoms with Gasteiger partial charge in [-0.25, -0.2) is 25.9 Å². The number of sulfone groups is 1. The van der Waals surface area contributed by atoms with Crippen molar-refractivity contribution < 1.29 is 21.2 Å². The molecule has 1 N–H and O–H groups in total. The maximum Gasteiger partial charge on any atom is 0.241 e. The molecule has 0 saturated carbocycles. The van der Waals surface area contributed by atoms with Crippen molar-refractivity contribution in [2.75, 3.05) is 11.5 Å². The molecule has 0 atom stereocenters. The number of hydrogen-bond acceptors (Lipinski definition) is 4. The maximum atomic E-state index is 13.3. The van der Waals surface area contributed by atoms with Crippen molar-refractivity contribution in [1.82, 2.24) is 4.72 Å². The van der Waals surface area contributed by atoms with Gasteiger partial charge in [0.2, 0.25) is 10.0 Å². The molecule has 21 heavy (non-hydrogen) atoms. The molecule has 0 amide bonds. The lowest BCUT2D eigenvalue weighted by molar-refractivity contribution is 0.504. The second-order valence-corrected chi connectivity index (χ2v) is 9.37. The molecule has 1 aliphatic rings. The van der Waals surface area contributed by atoms with Gasteiger partial charge >= 0.3 is 0 Å². The summed E-state index contributed by atoms with van der Waals surface area (Å²) < 4.78 is 63.4. The van der Waals surface area contributed by atoms with Crippen LogP contribution in [-0.2, 0) is 19.9 Å². The zero-order valence-corrected chi connectivity index (χ0v) is 13.5. The van der Waals surface area contributed by atoms with Gasteiger partial charge in [0.05, 0.1) is 16.4 Å². The minimum Gasteiger partial charge on any atom is -0.229 e. The first-order valence-electron chi connectivity index (χ1n) is 6.60. The van der Waals surface area contributed by atoms with E-state index in [0.717, 1.165) is 0 Å². The first-order valence-corrected chi connectivity index (χ1v) is 9.91. The Balaban J connectivity index is 2.24. The Morgan fingerprint density at radius 1 is 1.14 bits per heavy atom.